The van der Waals surface area contributed by atoms with Gasteiger partial charge in [-0.05, 0) is 37.3 Å². The highest BCUT2D eigenvalue weighted by Crippen LogP contribution is 2.32. The third kappa shape index (κ3) is 3.62. The van der Waals surface area contributed by atoms with Crippen LogP contribution < -0.4 is 5.32 Å². The zero-order valence-corrected chi connectivity index (χ0v) is 17.1. The first-order valence-electron chi connectivity index (χ1n) is 10.1. The number of fused-ring (bicyclic) bond motifs is 1. The molecule has 0 saturated carbocycles. The fraction of sp³-hybridized carbons (Fsp3) is 0.0833. The van der Waals surface area contributed by atoms with Gasteiger partial charge in [-0.2, -0.15) is 5.10 Å². The van der Waals surface area contributed by atoms with Gasteiger partial charge in [-0.1, -0.05) is 41.6 Å². The van der Waals surface area contributed by atoms with Gasteiger partial charge in [-0.3, -0.25) is 9.48 Å². The smallest absolute Gasteiger partial charge is 0.259 e. The average molecular weight is 427 g/mol. The molecule has 0 bridgehead atoms. The molecule has 1 amide bonds. The molecule has 0 spiro atoms. The van der Waals surface area contributed by atoms with Gasteiger partial charge < -0.3 is 9.84 Å². The largest absolute Gasteiger partial charge is 0.335 e. The van der Waals surface area contributed by atoms with Gasteiger partial charge in [0.2, 0.25) is 0 Å². The Hall–Kier alpha value is -4.33. The number of carbonyl (C=O) groups excluding carboxylic acids is 1. The first-order valence-corrected chi connectivity index (χ1v) is 10.1. The van der Waals surface area contributed by atoms with E-state index in [0.29, 0.717) is 40.3 Å². The molecule has 0 aliphatic heterocycles. The molecule has 0 unspecified atom stereocenters. The second-order valence-electron chi connectivity index (χ2n) is 7.15. The van der Waals surface area contributed by atoms with E-state index >= 15 is 0 Å². The summed E-state index contributed by atoms with van der Waals surface area (Å²) in [5.74, 6) is -0.872. The third-order valence-electron chi connectivity index (χ3n) is 5.05. The van der Waals surface area contributed by atoms with Gasteiger partial charge in [-0.25, -0.2) is 9.37 Å². The Labute approximate surface area is 182 Å². The summed E-state index contributed by atoms with van der Waals surface area (Å²) < 4.78 is 20.9. The molecular formula is C24H18FN5O2. The number of hydrogen-bond acceptors (Lipinski definition) is 5. The molecule has 0 aliphatic rings. The van der Waals surface area contributed by atoms with Gasteiger partial charge in [0.15, 0.2) is 0 Å². The molecule has 0 aliphatic carbocycles. The van der Waals surface area contributed by atoms with Gasteiger partial charge in [0.05, 0.1) is 16.6 Å². The van der Waals surface area contributed by atoms with Crippen LogP contribution in [0, 0.1) is 5.82 Å². The number of amides is 1. The molecule has 0 radical (unpaired) electrons. The fourth-order valence-electron chi connectivity index (χ4n) is 3.49. The van der Waals surface area contributed by atoms with Crippen LogP contribution >= 0.6 is 0 Å². The predicted octanol–water partition coefficient (Wildman–Crippen LogP) is 5.16. The van der Waals surface area contributed by atoms with Crippen molar-refractivity contribution in [3.8, 4) is 22.6 Å². The zero-order valence-electron chi connectivity index (χ0n) is 17.1. The molecule has 5 aromatic rings. The van der Waals surface area contributed by atoms with E-state index < -0.39 is 11.7 Å². The van der Waals surface area contributed by atoms with Gasteiger partial charge in [0.25, 0.3) is 11.6 Å². The van der Waals surface area contributed by atoms with Gasteiger partial charge >= 0.3 is 0 Å². The average Bonchev–Trinajstić information content (AvgIpc) is 3.46. The highest BCUT2D eigenvalue weighted by Gasteiger charge is 2.23. The number of aryl methyl sites for hydroxylation is 1. The number of halogens is 1. The lowest BCUT2D eigenvalue weighted by atomic mass is 10.0. The van der Waals surface area contributed by atoms with E-state index in [9.17, 15) is 9.18 Å². The van der Waals surface area contributed by atoms with Gasteiger partial charge in [0.1, 0.15) is 17.2 Å². The highest BCUT2D eigenvalue weighted by molar-refractivity contribution is 6.15. The topological polar surface area (TPSA) is 85.8 Å². The number of carbonyl (C=O) groups is 1. The quantitative estimate of drug-likeness (QED) is 0.418. The van der Waals surface area contributed by atoms with E-state index in [1.54, 1.807) is 16.8 Å². The summed E-state index contributed by atoms with van der Waals surface area (Å²) in [6.07, 6.45) is 1.84. The van der Waals surface area contributed by atoms with Crippen molar-refractivity contribution in [2.45, 2.75) is 13.5 Å². The van der Waals surface area contributed by atoms with E-state index in [4.69, 9.17) is 4.52 Å². The summed E-state index contributed by atoms with van der Waals surface area (Å²) in [5, 5.41) is 11.9. The molecule has 3 aromatic heterocycles. The Morgan fingerprint density at radius 1 is 1.06 bits per heavy atom. The molecule has 3 heterocycles. The molecule has 0 saturated heterocycles. The first kappa shape index (κ1) is 19.6. The van der Waals surface area contributed by atoms with Crippen molar-refractivity contribution >= 4 is 22.7 Å². The van der Waals surface area contributed by atoms with Crippen molar-refractivity contribution in [2.24, 2.45) is 0 Å². The first-order chi connectivity index (χ1) is 15.6. The van der Waals surface area contributed by atoms with Crippen LogP contribution in [0.2, 0.25) is 0 Å². The number of benzene rings is 2. The minimum atomic E-state index is -0.441. The summed E-state index contributed by atoms with van der Waals surface area (Å²) in [7, 11) is 0. The van der Waals surface area contributed by atoms with Crippen molar-refractivity contribution in [3.63, 3.8) is 0 Å². The molecule has 7 nitrogen and oxygen atoms in total. The Morgan fingerprint density at radius 2 is 1.91 bits per heavy atom. The maximum atomic E-state index is 13.6. The number of hydrogen-bond donors (Lipinski definition) is 1. The monoisotopic (exact) mass is 427 g/mol. The normalized spacial score (nSPS) is 11.1. The van der Waals surface area contributed by atoms with Crippen LogP contribution in [-0.2, 0) is 6.54 Å². The second-order valence-corrected chi connectivity index (χ2v) is 7.15. The predicted molar refractivity (Wildman–Crippen MR) is 118 cm³/mol. The minimum Gasteiger partial charge on any atom is -0.335 e. The molecular weight excluding hydrogens is 409 g/mol. The standard InChI is InChI=1S/C24H18FN5O2/c1-2-30-12-11-19(28-30)20-14-18(23(31)26-17-10-6-9-16(25)13-17)21-22(29-32-24(21)27-20)15-7-4-3-5-8-15/h3-14H,2H2,1H3,(H,26,31). The van der Waals surface area contributed by atoms with Crippen LogP contribution in [0.1, 0.15) is 17.3 Å². The number of anilines is 1. The molecule has 32 heavy (non-hydrogen) atoms. The van der Waals surface area contributed by atoms with Crippen molar-refractivity contribution in [2.75, 3.05) is 5.32 Å². The Balaban J connectivity index is 1.67. The number of nitrogens with zero attached hydrogens (tertiary/aromatic N) is 4. The van der Waals surface area contributed by atoms with E-state index in [-0.39, 0.29) is 5.71 Å². The van der Waals surface area contributed by atoms with Crippen LogP contribution in [0.4, 0.5) is 10.1 Å². The summed E-state index contributed by atoms with van der Waals surface area (Å²) in [6, 6.07) is 18.6. The minimum absolute atomic E-state index is 0.219. The molecule has 0 fully saturated rings. The fourth-order valence-corrected chi connectivity index (χ4v) is 3.49. The second kappa shape index (κ2) is 8.07. The lowest BCUT2D eigenvalue weighted by molar-refractivity contribution is 0.102. The zero-order chi connectivity index (χ0) is 22.1. The molecule has 2 aromatic carbocycles. The maximum absolute atomic E-state index is 13.6. The molecule has 5 rings (SSSR count). The Morgan fingerprint density at radius 3 is 2.66 bits per heavy atom. The highest BCUT2D eigenvalue weighted by atomic mass is 19.1. The summed E-state index contributed by atoms with van der Waals surface area (Å²) in [6.45, 7) is 2.68. The van der Waals surface area contributed by atoms with Crippen LogP contribution in [0.15, 0.2) is 77.4 Å². The van der Waals surface area contributed by atoms with E-state index in [2.05, 4.69) is 20.6 Å². The molecule has 158 valence electrons. The number of nitrogens with one attached hydrogen (secondary N) is 1. The van der Waals surface area contributed by atoms with Gasteiger partial charge in [0, 0.05) is 24.0 Å². The van der Waals surface area contributed by atoms with E-state index in [0.717, 1.165) is 5.56 Å². The summed E-state index contributed by atoms with van der Waals surface area (Å²) >= 11 is 0. The molecule has 1 N–H and O–H groups in total. The lowest BCUT2D eigenvalue weighted by Gasteiger charge is -2.08. The number of aromatic nitrogens is 4. The molecule has 8 heteroatoms. The third-order valence-corrected chi connectivity index (χ3v) is 5.05. The lowest BCUT2D eigenvalue weighted by Crippen LogP contribution is -2.13. The van der Waals surface area contributed by atoms with Crippen molar-refractivity contribution in [1.82, 2.24) is 19.9 Å². The van der Waals surface area contributed by atoms with Crippen molar-refractivity contribution in [1.29, 1.82) is 0 Å². The van der Waals surface area contributed by atoms with E-state index in [1.165, 1.54) is 18.2 Å². The Kier molecular flexibility index (Phi) is 4.95. The Bertz CT molecular complexity index is 1430. The van der Waals surface area contributed by atoms with Crippen LogP contribution in [0.5, 0.6) is 0 Å². The van der Waals surface area contributed by atoms with Crippen LogP contribution in [0.25, 0.3) is 33.7 Å². The SMILES string of the molecule is CCn1ccc(-c2cc(C(=O)Nc3cccc(F)c3)c3c(-c4ccccc4)noc3n2)n1. The maximum Gasteiger partial charge on any atom is 0.259 e. The van der Waals surface area contributed by atoms with Crippen molar-refractivity contribution < 1.29 is 13.7 Å². The molecule has 0 atom stereocenters. The van der Waals surface area contributed by atoms with Crippen LogP contribution in [-0.4, -0.2) is 25.8 Å². The van der Waals surface area contributed by atoms with Crippen LogP contribution in [0.3, 0.4) is 0 Å². The number of rotatable bonds is 5. The van der Waals surface area contributed by atoms with Crippen molar-refractivity contribution in [3.05, 3.63) is 84.3 Å². The number of pyridine rings is 1. The summed E-state index contributed by atoms with van der Waals surface area (Å²) in [5.41, 5.74) is 3.24. The van der Waals surface area contributed by atoms with Gasteiger partial charge in [-0.15, -0.1) is 0 Å². The summed E-state index contributed by atoms with van der Waals surface area (Å²) in [4.78, 5) is 17.9. The van der Waals surface area contributed by atoms with E-state index in [1.807, 2.05) is 49.5 Å².